The lowest BCUT2D eigenvalue weighted by molar-refractivity contribution is -0.558. The number of carbonyl (C=O) groups is 1. The van der Waals surface area contributed by atoms with Gasteiger partial charge in [-0.25, -0.2) is 8.42 Å². The van der Waals surface area contributed by atoms with E-state index in [0.717, 1.165) is 64.5 Å². The van der Waals surface area contributed by atoms with E-state index < -0.39 is 15.9 Å². The summed E-state index contributed by atoms with van der Waals surface area (Å²) in [5.41, 5.74) is 0. The van der Waals surface area contributed by atoms with Crippen molar-refractivity contribution in [3.63, 3.8) is 0 Å². The Morgan fingerprint density at radius 3 is 2.27 bits per heavy atom. The fraction of sp³-hybridized carbons (Fsp3) is 0.889. The molecule has 5 aliphatic rings. The molecule has 0 spiro atoms. The first kappa shape index (κ1) is 38.7. The van der Waals surface area contributed by atoms with Crippen molar-refractivity contribution in [2.45, 2.75) is 157 Å². The number of ether oxygens (including phenoxy) is 1. The molecule has 4 fully saturated rings. The molecule has 0 radical (unpaired) electrons. The molecule has 0 aromatic carbocycles. The van der Waals surface area contributed by atoms with Crippen LogP contribution in [0.25, 0.3) is 0 Å². The average molecular weight is 749 g/mol. The third-order valence-electron chi connectivity index (χ3n) is 11.8. The zero-order valence-electron chi connectivity index (χ0n) is 29.4. The molecule has 1 heterocycles. The predicted octanol–water partition coefficient (Wildman–Crippen LogP) is 6.98. The Bertz CT molecular complexity index is 1250. The molecule has 4 aliphatic carbocycles. The number of halogens is 2. The Kier molecular flexibility index (Phi) is 14.4. The highest BCUT2D eigenvalue weighted by Crippen LogP contribution is 2.43. The van der Waals surface area contributed by atoms with Gasteiger partial charge in [-0.15, -0.1) is 35.0 Å². The number of alkyl halides is 2. The number of carbonyl (C=O) groups excluding carboxylic acids is 1. The summed E-state index contributed by atoms with van der Waals surface area (Å²) in [6, 6.07) is 0.704. The summed E-state index contributed by atoms with van der Waals surface area (Å²) in [6.07, 6.45) is 17.6. The van der Waals surface area contributed by atoms with Crippen LogP contribution in [0.15, 0.2) is 11.0 Å². The number of nitrogens with zero attached hydrogens (tertiary/aromatic N) is 3. The Morgan fingerprint density at radius 2 is 1.65 bits per heavy atom. The van der Waals surface area contributed by atoms with Crippen LogP contribution >= 0.6 is 35.0 Å². The molecule has 1 aliphatic heterocycles. The minimum atomic E-state index is -4.31. The van der Waals surface area contributed by atoms with Crippen molar-refractivity contribution in [1.82, 2.24) is 9.80 Å². The maximum Gasteiger partial charge on any atom is 0.309 e. The Morgan fingerprint density at radius 1 is 0.979 bits per heavy atom. The van der Waals surface area contributed by atoms with Gasteiger partial charge in [0, 0.05) is 43.0 Å². The summed E-state index contributed by atoms with van der Waals surface area (Å²) < 4.78 is 43.7. The molecular formula is C36H59Cl2N3O5S2. The number of rotatable bonds is 13. The standard InChI is InChI=1S/C36H59Cl2N3O5S2/c1-4-39(19-20-48(43,44)45)27-18-17-26(33(22-27)46-36(42)25-13-9-7-10-14-25)21-34(47-28-15-11-8-12-16-28)35-40(5-2)31-23-29(37)30(38)24-32(31)41(35)6-3/h21,25-33H,4-20,22-24H2,1-3H3/b34-21-. The van der Waals surface area contributed by atoms with Gasteiger partial charge in [-0.1, -0.05) is 51.5 Å². The SMILES string of the molecule is CCN(CCS(=O)(=O)[O-])C1CCC(/C=C(\SC2CCCCC2)C2=[N+](CC)C3CC(Cl)C(Cl)CC3N2CC)C(OC(=O)C2CCCCC2)C1. The van der Waals surface area contributed by atoms with Crippen LogP contribution in [0.1, 0.15) is 117 Å². The second-order valence-corrected chi connectivity index (χ2v) is 18.8. The maximum absolute atomic E-state index is 13.7. The summed E-state index contributed by atoms with van der Waals surface area (Å²) >= 11 is 15.6. The maximum atomic E-state index is 13.7. The molecule has 8 nitrogen and oxygen atoms in total. The topological polar surface area (TPSA) is 93.0 Å². The quantitative estimate of drug-likeness (QED) is 0.0863. The third-order valence-corrected chi connectivity index (χ3v) is 15.0. The molecule has 4 saturated carbocycles. The first-order chi connectivity index (χ1) is 23.0. The van der Waals surface area contributed by atoms with E-state index >= 15 is 0 Å². The van der Waals surface area contributed by atoms with E-state index in [1.165, 1.54) is 49.3 Å². The van der Waals surface area contributed by atoms with Gasteiger partial charge < -0.3 is 9.29 Å². The summed E-state index contributed by atoms with van der Waals surface area (Å²) in [7, 11) is -4.31. The van der Waals surface area contributed by atoms with Crippen molar-refractivity contribution < 1.29 is 27.1 Å². The lowest BCUT2D eigenvalue weighted by Gasteiger charge is -2.40. The van der Waals surface area contributed by atoms with Crippen LogP contribution in [0.2, 0.25) is 0 Å². The van der Waals surface area contributed by atoms with E-state index in [0.29, 0.717) is 30.3 Å². The molecule has 7 atom stereocenters. The van der Waals surface area contributed by atoms with Gasteiger partial charge in [0.1, 0.15) is 18.2 Å². The van der Waals surface area contributed by atoms with Crippen molar-refractivity contribution in [2.24, 2.45) is 11.8 Å². The van der Waals surface area contributed by atoms with Gasteiger partial charge in [0.05, 0.1) is 50.5 Å². The molecule has 0 aromatic rings. The van der Waals surface area contributed by atoms with Gasteiger partial charge in [0.15, 0.2) is 0 Å². The van der Waals surface area contributed by atoms with E-state index in [2.05, 4.69) is 34.3 Å². The second kappa shape index (κ2) is 17.8. The van der Waals surface area contributed by atoms with Crippen LogP contribution in [-0.4, -0.2) is 111 Å². The van der Waals surface area contributed by atoms with Crippen LogP contribution in [0.5, 0.6) is 0 Å². The Balaban J connectivity index is 1.49. The summed E-state index contributed by atoms with van der Waals surface area (Å²) in [6.45, 7) is 9.15. The van der Waals surface area contributed by atoms with Crippen LogP contribution in [0.4, 0.5) is 0 Å². The number of amidine groups is 1. The van der Waals surface area contributed by atoms with Crippen LogP contribution < -0.4 is 0 Å². The number of esters is 1. The lowest BCUT2D eigenvalue weighted by atomic mass is 9.82. The van der Waals surface area contributed by atoms with E-state index in [4.69, 9.17) is 27.9 Å². The zero-order chi connectivity index (χ0) is 34.4. The summed E-state index contributed by atoms with van der Waals surface area (Å²) in [5, 5.41) is 0.467. The Hall–Kier alpha value is -0.520. The van der Waals surface area contributed by atoms with Crippen molar-refractivity contribution in [3.8, 4) is 0 Å². The van der Waals surface area contributed by atoms with Gasteiger partial charge in [0.2, 0.25) is 0 Å². The lowest BCUT2D eigenvalue weighted by Crippen LogP contribution is -2.48. The highest BCUT2D eigenvalue weighted by molar-refractivity contribution is 8.04. The number of fused-ring (bicyclic) bond motifs is 1. The minimum Gasteiger partial charge on any atom is -0.748 e. The van der Waals surface area contributed by atoms with Gasteiger partial charge in [-0.3, -0.25) is 19.2 Å². The fourth-order valence-electron chi connectivity index (χ4n) is 9.20. The van der Waals surface area contributed by atoms with Crippen molar-refractivity contribution >= 4 is 56.9 Å². The summed E-state index contributed by atoms with van der Waals surface area (Å²) in [5.74, 6) is 0.837. The molecule has 0 aromatic heterocycles. The van der Waals surface area contributed by atoms with Crippen molar-refractivity contribution in [3.05, 3.63) is 11.0 Å². The van der Waals surface area contributed by atoms with Crippen molar-refractivity contribution in [1.29, 1.82) is 0 Å². The van der Waals surface area contributed by atoms with Gasteiger partial charge >= 0.3 is 5.97 Å². The molecule has 0 amide bonds. The van der Waals surface area contributed by atoms with Gasteiger partial charge in [0.25, 0.3) is 5.84 Å². The van der Waals surface area contributed by atoms with E-state index in [9.17, 15) is 17.8 Å². The zero-order valence-corrected chi connectivity index (χ0v) is 32.5. The third kappa shape index (κ3) is 9.67. The molecule has 0 saturated heterocycles. The first-order valence-corrected chi connectivity index (χ1v) is 22.3. The van der Waals surface area contributed by atoms with Crippen LogP contribution in [0.3, 0.4) is 0 Å². The van der Waals surface area contributed by atoms with Gasteiger partial charge in [-0.05, 0) is 58.9 Å². The monoisotopic (exact) mass is 747 g/mol. The molecule has 7 unspecified atom stereocenters. The van der Waals surface area contributed by atoms with E-state index in [1.807, 2.05) is 18.7 Å². The smallest absolute Gasteiger partial charge is 0.309 e. The van der Waals surface area contributed by atoms with Gasteiger partial charge in [-0.2, -0.15) is 0 Å². The molecular weight excluding hydrogens is 689 g/mol. The molecule has 48 heavy (non-hydrogen) atoms. The summed E-state index contributed by atoms with van der Waals surface area (Å²) in [4.78, 5) is 19.7. The molecule has 0 N–H and O–H groups in total. The number of likely N-dealkylation sites (N-methyl/N-ethyl adjacent to an activating group) is 2. The van der Waals surface area contributed by atoms with Crippen LogP contribution in [0, 0.1) is 11.8 Å². The molecule has 0 bridgehead atoms. The minimum absolute atomic E-state index is 0.0433. The van der Waals surface area contributed by atoms with Crippen LogP contribution in [-0.2, 0) is 19.6 Å². The predicted molar refractivity (Wildman–Crippen MR) is 196 cm³/mol. The molecule has 274 valence electrons. The first-order valence-electron chi connectivity index (χ1n) is 19.0. The van der Waals surface area contributed by atoms with E-state index in [-0.39, 0.29) is 47.2 Å². The number of thioether (sulfide) groups is 1. The molecule has 5 rings (SSSR count). The van der Waals surface area contributed by atoms with Crippen molar-refractivity contribution in [2.75, 3.05) is 31.9 Å². The highest BCUT2D eigenvalue weighted by Gasteiger charge is 2.53. The Labute approximate surface area is 304 Å². The number of hydrogen-bond acceptors (Lipinski definition) is 8. The average Bonchev–Trinajstić information content (AvgIpc) is 3.38. The number of hydrogen-bond donors (Lipinski definition) is 0. The largest absolute Gasteiger partial charge is 0.748 e. The highest BCUT2D eigenvalue weighted by atomic mass is 35.5. The fourth-order valence-corrected chi connectivity index (χ4v) is 11.7. The normalized spacial score (nSPS) is 32.9. The van der Waals surface area contributed by atoms with E-state index in [1.54, 1.807) is 0 Å². The second-order valence-electron chi connectivity index (χ2n) is 14.8. The molecule has 12 heteroatoms.